The zero-order valence-electron chi connectivity index (χ0n) is 14.5. The van der Waals surface area contributed by atoms with Gasteiger partial charge in [0.25, 0.3) is 0 Å². The Labute approximate surface area is 139 Å². The van der Waals surface area contributed by atoms with Crippen LogP contribution in [0.25, 0.3) is 0 Å². The summed E-state index contributed by atoms with van der Waals surface area (Å²) in [7, 11) is 1.70. The first-order valence-corrected chi connectivity index (χ1v) is 8.45. The first-order chi connectivity index (χ1) is 10.9. The number of para-hydroxylation sites is 2. The fraction of sp³-hybridized carbons (Fsp3) is 0.611. The fourth-order valence-electron chi connectivity index (χ4n) is 3.03. The van der Waals surface area contributed by atoms with Crippen molar-refractivity contribution < 1.29 is 9.90 Å². The average molecular weight is 319 g/mol. The highest BCUT2D eigenvalue weighted by molar-refractivity contribution is 5.93. The van der Waals surface area contributed by atoms with E-state index in [1.54, 1.807) is 20.9 Å². The van der Waals surface area contributed by atoms with Crippen LogP contribution in [0.3, 0.4) is 0 Å². The van der Waals surface area contributed by atoms with Crippen molar-refractivity contribution in [3.05, 3.63) is 24.3 Å². The van der Waals surface area contributed by atoms with Crippen LogP contribution in [0.5, 0.6) is 0 Å². The number of nitrogens with zero attached hydrogens (tertiary/aromatic N) is 2. The minimum atomic E-state index is -0.906. The molecule has 23 heavy (non-hydrogen) atoms. The molecule has 5 heteroatoms. The first-order valence-electron chi connectivity index (χ1n) is 8.45. The van der Waals surface area contributed by atoms with Crippen molar-refractivity contribution in [2.75, 3.05) is 36.9 Å². The zero-order chi connectivity index (χ0) is 16.9. The van der Waals surface area contributed by atoms with Crippen molar-refractivity contribution in [3.8, 4) is 0 Å². The predicted octanol–water partition coefficient (Wildman–Crippen LogP) is 3.30. The van der Waals surface area contributed by atoms with E-state index in [0.717, 1.165) is 24.5 Å². The van der Waals surface area contributed by atoms with E-state index < -0.39 is 5.60 Å². The van der Waals surface area contributed by atoms with Crippen molar-refractivity contribution in [1.29, 1.82) is 0 Å². The molecule has 1 fully saturated rings. The van der Waals surface area contributed by atoms with Crippen LogP contribution >= 0.6 is 0 Å². The van der Waals surface area contributed by atoms with Gasteiger partial charge in [0.05, 0.1) is 23.5 Å². The van der Waals surface area contributed by atoms with Gasteiger partial charge in [-0.2, -0.15) is 0 Å². The largest absolute Gasteiger partial charge is 0.389 e. The fourth-order valence-corrected chi connectivity index (χ4v) is 3.03. The van der Waals surface area contributed by atoms with Gasteiger partial charge in [-0.1, -0.05) is 25.0 Å². The van der Waals surface area contributed by atoms with Gasteiger partial charge >= 0.3 is 6.03 Å². The number of urea groups is 1. The number of nitrogens with one attached hydrogen (secondary N) is 1. The van der Waals surface area contributed by atoms with Gasteiger partial charge in [0.1, 0.15) is 0 Å². The minimum absolute atomic E-state index is 0.200. The summed E-state index contributed by atoms with van der Waals surface area (Å²) in [5.41, 5.74) is 1.01. The number of aliphatic hydroxyl groups is 1. The molecule has 0 radical (unpaired) electrons. The molecule has 2 rings (SSSR count). The molecule has 2 N–H and O–H groups in total. The van der Waals surface area contributed by atoms with E-state index in [4.69, 9.17) is 0 Å². The summed E-state index contributed by atoms with van der Waals surface area (Å²) in [5, 5.41) is 12.8. The number of rotatable bonds is 4. The van der Waals surface area contributed by atoms with Crippen LogP contribution in [0.4, 0.5) is 16.2 Å². The summed E-state index contributed by atoms with van der Waals surface area (Å²) in [4.78, 5) is 16.3. The number of hydrogen-bond donors (Lipinski definition) is 2. The number of benzene rings is 1. The lowest BCUT2D eigenvalue weighted by Crippen LogP contribution is -2.42. The van der Waals surface area contributed by atoms with E-state index in [1.165, 1.54) is 30.6 Å². The van der Waals surface area contributed by atoms with Gasteiger partial charge in [0.2, 0.25) is 0 Å². The summed E-state index contributed by atoms with van der Waals surface area (Å²) in [6.07, 6.45) is 4.94. The Bertz CT molecular complexity index is 517. The highest BCUT2D eigenvalue weighted by atomic mass is 16.3. The second-order valence-electron chi connectivity index (χ2n) is 7.02. The highest BCUT2D eigenvalue weighted by Gasteiger charge is 2.21. The molecule has 1 aliphatic rings. The number of carbonyl (C=O) groups is 1. The molecule has 0 bridgehead atoms. The smallest absolute Gasteiger partial charge is 0.321 e. The van der Waals surface area contributed by atoms with Crippen LogP contribution < -0.4 is 10.2 Å². The Morgan fingerprint density at radius 3 is 2.43 bits per heavy atom. The third-order valence-corrected chi connectivity index (χ3v) is 4.06. The molecule has 5 nitrogen and oxygen atoms in total. The van der Waals surface area contributed by atoms with Crippen LogP contribution in [0.15, 0.2) is 24.3 Å². The van der Waals surface area contributed by atoms with E-state index in [-0.39, 0.29) is 12.6 Å². The van der Waals surface area contributed by atoms with Gasteiger partial charge in [-0.3, -0.25) is 0 Å². The molecule has 0 aliphatic carbocycles. The van der Waals surface area contributed by atoms with Crippen LogP contribution in [0.1, 0.15) is 39.5 Å². The Hall–Kier alpha value is -1.75. The molecule has 0 unspecified atom stereocenters. The van der Waals surface area contributed by atoms with Crippen LogP contribution in [-0.2, 0) is 0 Å². The lowest BCUT2D eigenvalue weighted by atomic mass is 10.1. The Kier molecular flexibility index (Phi) is 5.88. The second-order valence-corrected chi connectivity index (χ2v) is 7.02. The van der Waals surface area contributed by atoms with E-state index in [1.807, 2.05) is 18.2 Å². The maximum Gasteiger partial charge on any atom is 0.321 e. The SMILES string of the molecule is CN(CC(C)(C)O)C(=O)Nc1ccccc1N1CCCCCC1. The standard InChI is InChI=1S/C18H29N3O2/c1-18(2,23)14-20(3)17(22)19-15-10-6-7-11-16(15)21-12-8-4-5-9-13-21/h6-7,10-11,23H,4-5,8-9,12-14H2,1-3H3,(H,19,22). The molecule has 2 amide bonds. The summed E-state index contributed by atoms with van der Waals surface area (Å²) < 4.78 is 0. The molecule has 1 aliphatic heterocycles. The maximum atomic E-state index is 12.4. The van der Waals surface area contributed by atoms with Crippen LogP contribution in [-0.4, -0.2) is 48.3 Å². The summed E-state index contributed by atoms with van der Waals surface area (Å²) >= 11 is 0. The van der Waals surface area contributed by atoms with Crippen LogP contribution in [0.2, 0.25) is 0 Å². The number of hydrogen-bond acceptors (Lipinski definition) is 3. The van der Waals surface area contributed by atoms with Gasteiger partial charge in [-0.05, 0) is 38.8 Å². The Balaban J connectivity index is 2.09. The van der Waals surface area contributed by atoms with E-state index in [9.17, 15) is 9.90 Å². The van der Waals surface area contributed by atoms with Crippen molar-refractivity contribution >= 4 is 17.4 Å². The third kappa shape index (κ3) is 5.43. The number of carbonyl (C=O) groups excluding carboxylic acids is 1. The third-order valence-electron chi connectivity index (χ3n) is 4.06. The molecule has 1 aromatic carbocycles. The molecular weight excluding hydrogens is 290 g/mol. The molecule has 0 spiro atoms. The van der Waals surface area contributed by atoms with Gasteiger partial charge in [0.15, 0.2) is 0 Å². The lowest BCUT2D eigenvalue weighted by molar-refractivity contribution is 0.0550. The molecule has 0 atom stereocenters. The van der Waals surface area contributed by atoms with Gasteiger partial charge < -0.3 is 20.2 Å². The minimum Gasteiger partial charge on any atom is -0.389 e. The Morgan fingerprint density at radius 2 is 1.83 bits per heavy atom. The van der Waals surface area contributed by atoms with Crippen molar-refractivity contribution in [1.82, 2.24) is 4.90 Å². The average Bonchev–Trinajstić information content (AvgIpc) is 2.75. The number of anilines is 2. The molecule has 1 aromatic rings. The summed E-state index contributed by atoms with van der Waals surface area (Å²) in [5.74, 6) is 0. The molecule has 1 heterocycles. The molecule has 128 valence electrons. The number of amides is 2. The number of likely N-dealkylation sites (N-methyl/N-ethyl adjacent to an activating group) is 1. The normalized spacial score (nSPS) is 15.9. The second kappa shape index (κ2) is 7.68. The summed E-state index contributed by atoms with van der Waals surface area (Å²) in [6, 6.07) is 7.76. The monoisotopic (exact) mass is 319 g/mol. The zero-order valence-corrected chi connectivity index (χ0v) is 14.5. The van der Waals surface area contributed by atoms with Gasteiger partial charge in [-0.15, -0.1) is 0 Å². The Morgan fingerprint density at radius 1 is 1.22 bits per heavy atom. The van der Waals surface area contributed by atoms with E-state index in [2.05, 4.69) is 16.3 Å². The quantitative estimate of drug-likeness (QED) is 0.895. The first kappa shape index (κ1) is 17.6. The lowest BCUT2D eigenvalue weighted by Gasteiger charge is -2.28. The summed E-state index contributed by atoms with van der Waals surface area (Å²) in [6.45, 7) is 5.74. The molecule has 0 aromatic heterocycles. The molecule has 1 saturated heterocycles. The maximum absolute atomic E-state index is 12.4. The molecule has 0 saturated carbocycles. The van der Waals surface area contributed by atoms with Crippen LogP contribution in [0, 0.1) is 0 Å². The van der Waals surface area contributed by atoms with Crippen molar-refractivity contribution in [2.24, 2.45) is 0 Å². The molecular formula is C18H29N3O2. The topological polar surface area (TPSA) is 55.8 Å². The highest BCUT2D eigenvalue weighted by Crippen LogP contribution is 2.28. The van der Waals surface area contributed by atoms with E-state index >= 15 is 0 Å². The van der Waals surface area contributed by atoms with E-state index in [0.29, 0.717) is 0 Å². The van der Waals surface area contributed by atoms with Crippen molar-refractivity contribution in [2.45, 2.75) is 45.1 Å². The predicted molar refractivity (Wildman–Crippen MR) is 95.1 cm³/mol. The van der Waals surface area contributed by atoms with Gasteiger partial charge in [-0.25, -0.2) is 4.79 Å². The van der Waals surface area contributed by atoms with Gasteiger partial charge in [0, 0.05) is 20.1 Å². The van der Waals surface area contributed by atoms with Crippen molar-refractivity contribution in [3.63, 3.8) is 0 Å².